The normalized spacial score (nSPS) is 10.9. The molecule has 0 aliphatic carbocycles. The van der Waals surface area contributed by atoms with Gasteiger partial charge in [-0.1, -0.05) is 12.1 Å². The summed E-state index contributed by atoms with van der Waals surface area (Å²) in [6.45, 7) is 4.05. The Hall–Kier alpha value is -3.22. The molecule has 25 heavy (non-hydrogen) atoms. The molecular weight excluding hydrogens is 320 g/mol. The molecule has 7 heteroatoms. The highest BCUT2D eigenvalue weighted by Gasteiger charge is 2.09. The monoisotopic (exact) mass is 340 g/mol. The molecule has 0 spiro atoms. The van der Waals surface area contributed by atoms with E-state index in [2.05, 4.69) is 20.8 Å². The fourth-order valence-corrected chi connectivity index (χ4v) is 2.03. The van der Waals surface area contributed by atoms with Gasteiger partial charge in [-0.2, -0.15) is 5.10 Å². The first-order valence-electron chi connectivity index (χ1n) is 7.85. The lowest BCUT2D eigenvalue weighted by Gasteiger charge is -2.11. The molecule has 1 heterocycles. The number of hydrogen-bond acceptors (Lipinski definition) is 5. The molecule has 2 rings (SSSR count). The Balaban J connectivity index is 1.90. The average Bonchev–Trinajstić information content (AvgIpc) is 2.62. The van der Waals surface area contributed by atoms with Gasteiger partial charge in [0.1, 0.15) is 5.75 Å². The number of ether oxygens (including phenoxy) is 1. The Labute approximate surface area is 146 Å². The third-order valence-electron chi connectivity index (χ3n) is 3.15. The van der Waals surface area contributed by atoms with Gasteiger partial charge in [0.2, 0.25) is 5.91 Å². The molecule has 0 aliphatic rings. The van der Waals surface area contributed by atoms with Gasteiger partial charge in [0.15, 0.2) is 0 Å². The smallest absolute Gasteiger partial charge is 0.272 e. The van der Waals surface area contributed by atoms with E-state index in [1.54, 1.807) is 37.4 Å². The summed E-state index contributed by atoms with van der Waals surface area (Å²) in [6, 6.07) is 10.5. The summed E-state index contributed by atoms with van der Waals surface area (Å²) in [5, 5.41) is 6.72. The number of para-hydroxylation sites is 2. The van der Waals surface area contributed by atoms with Crippen molar-refractivity contribution < 1.29 is 14.3 Å². The number of pyridine rings is 1. The average molecular weight is 340 g/mol. The van der Waals surface area contributed by atoms with Crippen molar-refractivity contribution in [3.05, 3.63) is 54.4 Å². The maximum atomic E-state index is 12.1. The summed E-state index contributed by atoms with van der Waals surface area (Å²) in [6.07, 6.45) is 3.07. The largest absolute Gasteiger partial charge is 0.492 e. The minimum atomic E-state index is -0.380. The van der Waals surface area contributed by atoms with Crippen molar-refractivity contribution in [1.82, 2.24) is 10.4 Å². The SMILES string of the molecule is CCOc1ccccc1NC(=O)C/C(C)=N\NC(=O)c1cccnc1. The standard InChI is InChI=1S/C18H20N4O3/c1-3-25-16-9-5-4-8-15(16)20-17(23)11-13(2)21-22-18(24)14-7-6-10-19-12-14/h4-10,12H,3,11H2,1-2H3,(H,20,23)(H,22,24)/b21-13-. The zero-order valence-corrected chi connectivity index (χ0v) is 14.2. The van der Waals surface area contributed by atoms with E-state index in [9.17, 15) is 9.59 Å². The lowest BCUT2D eigenvalue weighted by molar-refractivity contribution is -0.115. The van der Waals surface area contributed by atoms with Gasteiger partial charge in [0, 0.05) is 18.1 Å². The van der Waals surface area contributed by atoms with E-state index in [4.69, 9.17) is 4.74 Å². The molecule has 0 radical (unpaired) electrons. The lowest BCUT2D eigenvalue weighted by atomic mass is 10.2. The Bertz CT molecular complexity index is 760. The van der Waals surface area contributed by atoms with E-state index < -0.39 is 0 Å². The van der Waals surface area contributed by atoms with E-state index in [1.807, 2.05) is 19.1 Å². The molecule has 0 bridgehead atoms. The third-order valence-corrected chi connectivity index (χ3v) is 3.15. The van der Waals surface area contributed by atoms with Crippen LogP contribution in [-0.4, -0.2) is 29.1 Å². The van der Waals surface area contributed by atoms with E-state index in [-0.39, 0.29) is 18.2 Å². The molecule has 130 valence electrons. The van der Waals surface area contributed by atoms with Crippen LogP contribution in [0.5, 0.6) is 5.75 Å². The molecule has 2 aromatic rings. The summed E-state index contributed by atoms with van der Waals surface area (Å²) in [5.41, 5.74) is 3.88. The van der Waals surface area contributed by atoms with Crippen LogP contribution in [0.3, 0.4) is 0 Å². The number of carbonyl (C=O) groups excluding carboxylic acids is 2. The van der Waals surface area contributed by atoms with Crippen LogP contribution in [0.4, 0.5) is 5.69 Å². The summed E-state index contributed by atoms with van der Waals surface area (Å²) in [7, 11) is 0. The highest BCUT2D eigenvalue weighted by molar-refractivity contribution is 6.06. The van der Waals surface area contributed by atoms with Crippen LogP contribution in [0.15, 0.2) is 53.9 Å². The molecule has 1 aromatic heterocycles. The van der Waals surface area contributed by atoms with Crippen LogP contribution in [0, 0.1) is 0 Å². The Morgan fingerprint density at radius 2 is 2.00 bits per heavy atom. The van der Waals surface area contributed by atoms with Crippen LogP contribution in [0.1, 0.15) is 30.6 Å². The lowest BCUT2D eigenvalue weighted by Crippen LogP contribution is -2.21. The fraction of sp³-hybridized carbons (Fsp3) is 0.222. The molecular formula is C18H20N4O3. The number of hydrazone groups is 1. The minimum absolute atomic E-state index is 0.0494. The molecule has 0 fully saturated rings. The number of rotatable bonds is 7. The van der Waals surface area contributed by atoms with Gasteiger partial charge in [-0.3, -0.25) is 14.6 Å². The zero-order valence-electron chi connectivity index (χ0n) is 14.2. The molecule has 0 saturated heterocycles. The van der Waals surface area contributed by atoms with Crippen molar-refractivity contribution in [2.45, 2.75) is 20.3 Å². The molecule has 0 saturated carbocycles. The Morgan fingerprint density at radius 3 is 2.72 bits per heavy atom. The van der Waals surface area contributed by atoms with Gasteiger partial charge in [0.05, 0.1) is 24.3 Å². The number of anilines is 1. The Morgan fingerprint density at radius 1 is 1.20 bits per heavy atom. The van der Waals surface area contributed by atoms with Crippen LogP contribution in [-0.2, 0) is 4.79 Å². The van der Waals surface area contributed by atoms with E-state index in [0.717, 1.165) is 0 Å². The number of nitrogens with zero attached hydrogens (tertiary/aromatic N) is 2. The van der Waals surface area contributed by atoms with Crippen molar-refractivity contribution in [2.75, 3.05) is 11.9 Å². The van der Waals surface area contributed by atoms with Crippen molar-refractivity contribution in [3.63, 3.8) is 0 Å². The van der Waals surface area contributed by atoms with Gasteiger partial charge in [0.25, 0.3) is 5.91 Å². The number of benzene rings is 1. The van der Waals surface area contributed by atoms with Crippen LogP contribution in [0.25, 0.3) is 0 Å². The van der Waals surface area contributed by atoms with E-state index >= 15 is 0 Å². The molecule has 2 N–H and O–H groups in total. The number of nitrogens with one attached hydrogen (secondary N) is 2. The molecule has 2 amide bonds. The van der Waals surface area contributed by atoms with Gasteiger partial charge in [-0.05, 0) is 38.1 Å². The van der Waals surface area contributed by atoms with E-state index in [0.29, 0.717) is 29.3 Å². The number of aromatic nitrogens is 1. The van der Waals surface area contributed by atoms with Crippen molar-refractivity contribution in [3.8, 4) is 5.75 Å². The molecule has 0 aliphatic heterocycles. The highest BCUT2D eigenvalue weighted by Crippen LogP contribution is 2.23. The fourth-order valence-electron chi connectivity index (χ4n) is 2.03. The molecule has 0 unspecified atom stereocenters. The summed E-state index contributed by atoms with van der Waals surface area (Å²) >= 11 is 0. The minimum Gasteiger partial charge on any atom is -0.492 e. The second-order valence-electron chi connectivity index (χ2n) is 5.18. The first kappa shape index (κ1) is 18.1. The zero-order chi connectivity index (χ0) is 18.1. The van der Waals surface area contributed by atoms with Crippen molar-refractivity contribution >= 4 is 23.2 Å². The quantitative estimate of drug-likeness (QED) is 0.598. The topological polar surface area (TPSA) is 92.7 Å². The van der Waals surface area contributed by atoms with Crippen LogP contribution in [0.2, 0.25) is 0 Å². The molecule has 7 nitrogen and oxygen atoms in total. The molecule has 1 aromatic carbocycles. The van der Waals surface area contributed by atoms with Crippen LogP contribution < -0.4 is 15.5 Å². The second-order valence-corrected chi connectivity index (χ2v) is 5.18. The third kappa shape index (κ3) is 5.72. The maximum absolute atomic E-state index is 12.1. The first-order chi connectivity index (χ1) is 12.1. The van der Waals surface area contributed by atoms with Crippen LogP contribution >= 0.6 is 0 Å². The van der Waals surface area contributed by atoms with E-state index in [1.165, 1.54) is 6.20 Å². The second kappa shape index (κ2) is 9.17. The summed E-state index contributed by atoms with van der Waals surface area (Å²) < 4.78 is 5.46. The van der Waals surface area contributed by atoms with Gasteiger partial charge < -0.3 is 10.1 Å². The summed E-state index contributed by atoms with van der Waals surface area (Å²) in [5.74, 6) is -0.0172. The van der Waals surface area contributed by atoms with Gasteiger partial charge in [-0.25, -0.2) is 5.43 Å². The summed E-state index contributed by atoms with van der Waals surface area (Å²) in [4.78, 5) is 27.9. The highest BCUT2D eigenvalue weighted by atomic mass is 16.5. The first-order valence-corrected chi connectivity index (χ1v) is 7.85. The molecule has 0 atom stereocenters. The van der Waals surface area contributed by atoms with Gasteiger partial charge in [-0.15, -0.1) is 0 Å². The number of amides is 2. The number of hydrogen-bond donors (Lipinski definition) is 2. The number of carbonyl (C=O) groups is 2. The maximum Gasteiger partial charge on any atom is 0.272 e. The predicted molar refractivity (Wildman–Crippen MR) is 95.7 cm³/mol. The van der Waals surface area contributed by atoms with Gasteiger partial charge >= 0.3 is 0 Å². The van der Waals surface area contributed by atoms with Crippen molar-refractivity contribution in [1.29, 1.82) is 0 Å². The predicted octanol–water partition coefficient (Wildman–Crippen LogP) is 2.61. The Kier molecular flexibility index (Phi) is 6.65. The van der Waals surface area contributed by atoms with Crippen molar-refractivity contribution in [2.24, 2.45) is 5.10 Å².